The monoisotopic (exact) mass is 290 g/mol. The summed E-state index contributed by atoms with van der Waals surface area (Å²) in [5.74, 6) is -0.0569. The van der Waals surface area contributed by atoms with E-state index < -0.39 is 6.04 Å². The van der Waals surface area contributed by atoms with Crippen LogP contribution < -0.4 is 11.1 Å². The highest BCUT2D eigenvalue weighted by Crippen LogP contribution is 2.42. The Balaban J connectivity index is 1.78. The Morgan fingerprint density at radius 3 is 2.67 bits per heavy atom. The molecular formula is C17H26N2O2. The quantitative estimate of drug-likeness (QED) is 0.840. The first-order valence-electron chi connectivity index (χ1n) is 7.58. The molecule has 0 bridgehead atoms. The van der Waals surface area contributed by atoms with Crippen LogP contribution in [0.3, 0.4) is 0 Å². The first-order chi connectivity index (χ1) is 9.95. The van der Waals surface area contributed by atoms with Crippen LogP contribution in [-0.2, 0) is 16.0 Å². The number of hydrogen-bond donors (Lipinski definition) is 2. The van der Waals surface area contributed by atoms with E-state index in [0.717, 1.165) is 12.8 Å². The molecule has 21 heavy (non-hydrogen) atoms. The lowest BCUT2D eigenvalue weighted by Gasteiger charge is -2.51. The SMILES string of the molecule is COC1CC(NC(=O)C(N)CCc2ccccc2)C1(C)C. The van der Waals surface area contributed by atoms with Gasteiger partial charge in [-0.05, 0) is 24.8 Å². The molecule has 0 saturated heterocycles. The van der Waals surface area contributed by atoms with Gasteiger partial charge in [-0.25, -0.2) is 0 Å². The van der Waals surface area contributed by atoms with E-state index in [2.05, 4.69) is 31.3 Å². The molecule has 1 aliphatic carbocycles. The molecule has 3 unspecified atom stereocenters. The van der Waals surface area contributed by atoms with Gasteiger partial charge in [-0.2, -0.15) is 0 Å². The number of carbonyl (C=O) groups is 1. The fourth-order valence-corrected chi connectivity index (χ4v) is 2.91. The number of rotatable bonds is 6. The van der Waals surface area contributed by atoms with E-state index >= 15 is 0 Å². The smallest absolute Gasteiger partial charge is 0.237 e. The standard InChI is InChI=1S/C17H26N2O2/c1-17(2)14(11-15(17)21-3)19-16(20)13(18)10-9-12-7-5-4-6-8-12/h4-8,13-15H,9-11,18H2,1-3H3,(H,19,20). The third kappa shape index (κ3) is 3.63. The Bertz CT molecular complexity index is 473. The van der Waals surface area contributed by atoms with Gasteiger partial charge in [0.1, 0.15) is 0 Å². The molecule has 0 aromatic heterocycles. The molecule has 0 heterocycles. The molecule has 116 valence electrons. The maximum atomic E-state index is 12.2. The number of methoxy groups -OCH3 is 1. The molecule has 3 atom stereocenters. The summed E-state index contributed by atoms with van der Waals surface area (Å²) in [6.45, 7) is 4.23. The van der Waals surface area contributed by atoms with Crippen LogP contribution in [0.2, 0.25) is 0 Å². The first-order valence-corrected chi connectivity index (χ1v) is 7.58. The number of amides is 1. The van der Waals surface area contributed by atoms with E-state index in [4.69, 9.17) is 10.5 Å². The lowest BCUT2D eigenvalue weighted by Crippen LogP contribution is -2.63. The first kappa shape index (κ1) is 16.0. The van der Waals surface area contributed by atoms with E-state index in [0.29, 0.717) is 6.42 Å². The van der Waals surface area contributed by atoms with Crippen molar-refractivity contribution in [3.8, 4) is 0 Å². The summed E-state index contributed by atoms with van der Waals surface area (Å²) in [6, 6.07) is 9.80. The fraction of sp³-hybridized carbons (Fsp3) is 0.588. The molecule has 3 N–H and O–H groups in total. The zero-order chi connectivity index (χ0) is 15.5. The van der Waals surface area contributed by atoms with Crippen molar-refractivity contribution in [3.05, 3.63) is 35.9 Å². The number of nitrogens with one attached hydrogen (secondary N) is 1. The van der Waals surface area contributed by atoms with Gasteiger partial charge < -0.3 is 15.8 Å². The summed E-state index contributed by atoms with van der Waals surface area (Å²) in [7, 11) is 1.72. The van der Waals surface area contributed by atoms with Gasteiger partial charge in [0.2, 0.25) is 5.91 Å². The van der Waals surface area contributed by atoms with Crippen LogP contribution >= 0.6 is 0 Å². The van der Waals surface area contributed by atoms with Gasteiger partial charge in [-0.3, -0.25) is 4.79 Å². The largest absolute Gasteiger partial charge is 0.381 e. The van der Waals surface area contributed by atoms with Crippen molar-refractivity contribution < 1.29 is 9.53 Å². The molecule has 0 spiro atoms. The topological polar surface area (TPSA) is 64.3 Å². The predicted octanol–water partition coefficient (Wildman–Crippen LogP) is 1.88. The lowest BCUT2D eigenvalue weighted by molar-refractivity contribution is -0.133. The molecule has 1 aliphatic rings. The van der Waals surface area contributed by atoms with Crippen LogP contribution in [0.1, 0.15) is 32.3 Å². The van der Waals surface area contributed by atoms with Crippen LogP contribution in [0.15, 0.2) is 30.3 Å². The van der Waals surface area contributed by atoms with Gasteiger partial charge in [0.15, 0.2) is 0 Å². The van der Waals surface area contributed by atoms with E-state index in [1.54, 1.807) is 7.11 Å². The normalized spacial score (nSPS) is 25.0. The summed E-state index contributed by atoms with van der Waals surface area (Å²) >= 11 is 0. The van der Waals surface area contributed by atoms with Crippen molar-refractivity contribution in [2.24, 2.45) is 11.1 Å². The zero-order valence-electron chi connectivity index (χ0n) is 13.1. The average molecular weight is 290 g/mol. The van der Waals surface area contributed by atoms with E-state index in [1.165, 1.54) is 5.56 Å². The number of benzene rings is 1. The number of aryl methyl sites for hydroxylation is 1. The minimum atomic E-state index is -0.456. The Morgan fingerprint density at radius 1 is 1.43 bits per heavy atom. The molecule has 2 rings (SSSR count). The summed E-state index contributed by atoms with van der Waals surface area (Å²) in [5, 5.41) is 3.06. The Labute approximate surface area is 127 Å². The predicted molar refractivity (Wildman–Crippen MR) is 83.9 cm³/mol. The second kappa shape index (κ2) is 6.58. The minimum absolute atomic E-state index is 0.0242. The highest BCUT2D eigenvalue weighted by Gasteiger charge is 2.49. The molecule has 1 fully saturated rings. The molecule has 1 aromatic carbocycles. The van der Waals surface area contributed by atoms with Crippen molar-refractivity contribution in [1.29, 1.82) is 0 Å². The van der Waals surface area contributed by atoms with Gasteiger partial charge in [0.25, 0.3) is 0 Å². The summed E-state index contributed by atoms with van der Waals surface area (Å²) < 4.78 is 5.40. The van der Waals surface area contributed by atoms with E-state index in [9.17, 15) is 4.79 Å². The van der Waals surface area contributed by atoms with Gasteiger partial charge >= 0.3 is 0 Å². The summed E-state index contributed by atoms with van der Waals surface area (Å²) in [4.78, 5) is 12.2. The van der Waals surface area contributed by atoms with E-state index in [1.807, 2.05) is 18.2 Å². The van der Waals surface area contributed by atoms with Gasteiger partial charge in [-0.1, -0.05) is 44.2 Å². The molecule has 1 aromatic rings. The molecule has 0 aliphatic heterocycles. The lowest BCUT2D eigenvalue weighted by atomic mass is 9.64. The average Bonchev–Trinajstić information content (AvgIpc) is 2.49. The van der Waals surface area contributed by atoms with E-state index in [-0.39, 0.29) is 23.5 Å². The third-order valence-electron chi connectivity index (χ3n) is 4.70. The fourth-order valence-electron chi connectivity index (χ4n) is 2.91. The zero-order valence-corrected chi connectivity index (χ0v) is 13.1. The highest BCUT2D eigenvalue weighted by atomic mass is 16.5. The Morgan fingerprint density at radius 2 is 2.10 bits per heavy atom. The molecule has 1 saturated carbocycles. The van der Waals surface area contributed by atoms with Crippen molar-refractivity contribution >= 4 is 5.91 Å². The highest BCUT2D eigenvalue weighted by molar-refractivity contribution is 5.82. The molecular weight excluding hydrogens is 264 g/mol. The second-order valence-electron chi connectivity index (χ2n) is 6.47. The molecule has 1 amide bonds. The second-order valence-corrected chi connectivity index (χ2v) is 6.47. The van der Waals surface area contributed by atoms with Crippen molar-refractivity contribution in [2.45, 2.75) is 51.3 Å². The summed E-state index contributed by atoms with van der Waals surface area (Å²) in [6.07, 6.45) is 2.56. The van der Waals surface area contributed by atoms with Crippen LogP contribution in [0.4, 0.5) is 0 Å². The maximum Gasteiger partial charge on any atom is 0.237 e. The number of carbonyl (C=O) groups excluding carboxylic acids is 1. The molecule has 0 radical (unpaired) electrons. The maximum absolute atomic E-state index is 12.2. The Kier molecular flexibility index (Phi) is 5.01. The van der Waals surface area contributed by atoms with Gasteiger partial charge in [-0.15, -0.1) is 0 Å². The Hall–Kier alpha value is -1.39. The van der Waals surface area contributed by atoms with Gasteiger partial charge in [0, 0.05) is 18.6 Å². The van der Waals surface area contributed by atoms with Crippen molar-refractivity contribution in [1.82, 2.24) is 5.32 Å². The van der Waals surface area contributed by atoms with Crippen LogP contribution in [0.5, 0.6) is 0 Å². The van der Waals surface area contributed by atoms with Gasteiger partial charge in [0.05, 0.1) is 12.1 Å². The summed E-state index contributed by atoms with van der Waals surface area (Å²) in [5.41, 5.74) is 7.19. The van der Waals surface area contributed by atoms with Crippen molar-refractivity contribution in [2.75, 3.05) is 7.11 Å². The minimum Gasteiger partial charge on any atom is -0.381 e. The van der Waals surface area contributed by atoms with Crippen LogP contribution in [0, 0.1) is 5.41 Å². The molecule has 4 heteroatoms. The van der Waals surface area contributed by atoms with Crippen molar-refractivity contribution in [3.63, 3.8) is 0 Å². The number of nitrogens with two attached hydrogens (primary N) is 1. The van der Waals surface area contributed by atoms with Crippen LogP contribution in [-0.4, -0.2) is 31.2 Å². The van der Waals surface area contributed by atoms with Crippen LogP contribution in [0.25, 0.3) is 0 Å². The third-order valence-corrected chi connectivity index (χ3v) is 4.70. The number of hydrogen-bond acceptors (Lipinski definition) is 3. The number of ether oxygens (including phenoxy) is 1. The molecule has 4 nitrogen and oxygen atoms in total.